The van der Waals surface area contributed by atoms with Crippen molar-refractivity contribution in [1.82, 2.24) is 0 Å². The van der Waals surface area contributed by atoms with Gasteiger partial charge in [0.2, 0.25) is 5.41 Å². The summed E-state index contributed by atoms with van der Waals surface area (Å²) in [6.07, 6.45) is -0.950. The Balaban J connectivity index is 5.26. The van der Waals surface area contributed by atoms with Crippen molar-refractivity contribution in [1.29, 1.82) is 0 Å². The quantitative estimate of drug-likeness (QED) is 0.513. The van der Waals surface area contributed by atoms with E-state index in [9.17, 15) is 19.2 Å². The minimum absolute atomic E-state index is 0.0336. The lowest BCUT2D eigenvalue weighted by atomic mass is 9.84. The van der Waals surface area contributed by atoms with Crippen LogP contribution in [0.5, 0.6) is 0 Å². The molecule has 0 saturated carbocycles. The Morgan fingerprint density at radius 2 is 1.39 bits per heavy atom. The van der Waals surface area contributed by atoms with E-state index in [4.69, 9.17) is 5.11 Å². The lowest BCUT2D eigenvalue weighted by molar-refractivity contribution is -0.173. The molecule has 0 aliphatic rings. The molecule has 102 valence electrons. The molecule has 0 aliphatic carbocycles. The lowest BCUT2D eigenvalue weighted by Crippen LogP contribution is -2.46. The second kappa shape index (κ2) is 6.73. The van der Waals surface area contributed by atoms with Gasteiger partial charge in [-0.15, -0.1) is 0 Å². The van der Waals surface area contributed by atoms with Gasteiger partial charge < -0.3 is 14.6 Å². The first kappa shape index (κ1) is 16.1. The highest BCUT2D eigenvalue weighted by molar-refractivity contribution is 6.22. The summed E-state index contributed by atoms with van der Waals surface area (Å²) >= 11 is 0. The van der Waals surface area contributed by atoms with Crippen LogP contribution in [-0.4, -0.2) is 42.0 Å². The van der Waals surface area contributed by atoms with Gasteiger partial charge in [0.25, 0.3) is 0 Å². The van der Waals surface area contributed by atoms with Gasteiger partial charge in [-0.25, -0.2) is 0 Å². The van der Waals surface area contributed by atoms with Crippen LogP contribution in [0.3, 0.4) is 0 Å². The molecular weight excluding hydrogens is 244 g/mol. The highest BCUT2D eigenvalue weighted by Crippen LogP contribution is 2.24. The zero-order chi connectivity index (χ0) is 14.3. The molecule has 0 radical (unpaired) electrons. The molecule has 0 aromatic rings. The van der Waals surface area contributed by atoms with Crippen molar-refractivity contribution in [2.24, 2.45) is 5.41 Å². The highest BCUT2D eigenvalue weighted by Gasteiger charge is 2.51. The fourth-order valence-corrected chi connectivity index (χ4v) is 1.18. The Morgan fingerprint density at radius 3 is 1.67 bits per heavy atom. The van der Waals surface area contributed by atoms with E-state index in [2.05, 4.69) is 9.47 Å². The van der Waals surface area contributed by atoms with Crippen molar-refractivity contribution in [3.05, 3.63) is 0 Å². The molecule has 0 aromatic heterocycles. The summed E-state index contributed by atoms with van der Waals surface area (Å²) in [5.74, 6) is -4.70. The average Bonchev–Trinajstić information content (AvgIpc) is 2.27. The Hall–Kier alpha value is -1.92. The van der Waals surface area contributed by atoms with Gasteiger partial charge in [-0.05, 0) is 20.8 Å². The Bertz CT molecular complexity index is 340. The van der Waals surface area contributed by atoms with Crippen LogP contribution in [-0.2, 0) is 28.7 Å². The number of hydrogen-bond donors (Lipinski definition) is 1. The van der Waals surface area contributed by atoms with E-state index in [0.29, 0.717) is 0 Å². The minimum Gasteiger partial charge on any atom is -0.481 e. The summed E-state index contributed by atoms with van der Waals surface area (Å²) in [6, 6.07) is 0. The van der Waals surface area contributed by atoms with Gasteiger partial charge in [-0.3, -0.25) is 19.2 Å². The summed E-state index contributed by atoms with van der Waals surface area (Å²) in [5, 5.41) is 8.55. The molecule has 7 nitrogen and oxygen atoms in total. The number of ether oxygens (including phenoxy) is 2. The third-order valence-electron chi connectivity index (χ3n) is 2.24. The van der Waals surface area contributed by atoms with Crippen LogP contribution in [0.4, 0.5) is 0 Å². The zero-order valence-corrected chi connectivity index (χ0v) is 10.5. The summed E-state index contributed by atoms with van der Waals surface area (Å²) < 4.78 is 9.25. The molecule has 0 spiro atoms. The summed E-state index contributed by atoms with van der Waals surface area (Å²) in [5.41, 5.74) is -2.23. The first-order valence-corrected chi connectivity index (χ1v) is 5.40. The largest absolute Gasteiger partial charge is 0.481 e. The second-order valence-electron chi connectivity index (χ2n) is 3.56. The van der Waals surface area contributed by atoms with Gasteiger partial charge in [0.1, 0.15) is 6.42 Å². The van der Waals surface area contributed by atoms with Gasteiger partial charge in [-0.2, -0.15) is 0 Å². The number of aliphatic carboxylic acids is 1. The molecule has 0 amide bonds. The van der Waals surface area contributed by atoms with Crippen LogP contribution in [0.2, 0.25) is 0 Å². The van der Waals surface area contributed by atoms with Crippen LogP contribution in [0.1, 0.15) is 27.2 Å². The summed E-state index contributed by atoms with van der Waals surface area (Å²) in [7, 11) is 0. The maximum Gasteiger partial charge on any atom is 0.330 e. The standard InChI is InChI=1S/C11H16O7/c1-4-17-9(15)11(3,10(16)18-5-2)7(12)6-8(13)14/h4-6H2,1-3H3,(H,13,14). The van der Waals surface area contributed by atoms with Crippen LogP contribution in [0, 0.1) is 5.41 Å². The Morgan fingerprint density at radius 1 is 1.00 bits per heavy atom. The molecule has 0 heterocycles. The predicted molar refractivity (Wildman–Crippen MR) is 58.6 cm³/mol. The van der Waals surface area contributed by atoms with Crippen LogP contribution in [0.15, 0.2) is 0 Å². The Labute approximate surface area is 104 Å². The lowest BCUT2D eigenvalue weighted by Gasteiger charge is -2.22. The number of carbonyl (C=O) groups is 4. The summed E-state index contributed by atoms with van der Waals surface area (Å²) in [6.45, 7) is 3.95. The van der Waals surface area contributed by atoms with E-state index >= 15 is 0 Å². The van der Waals surface area contributed by atoms with Crippen LogP contribution < -0.4 is 0 Å². The van der Waals surface area contributed by atoms with Gasteiger partial charge in [0, 0.05) is 0 Å². The second-order valence-corrected chi connectivity index (χ2v) is 3.56. The zero-order valence-electron chi connectivity index (χ0n) is 10.5. The van der Waals surface area contributed by atoms with Crippen molar-refractivity contribution >= 4 is 23.7 Å². The minimum atomic E-state index is -2.23. The van der Waals surface area contributed by atoms with Gasteiger partial charge in [0.05, 0.1) is 13.2 Å². The maximum absolute atomic E-state index is 11.7. The van der Waals surface area contributed by atoms with Crippen molar-refractivity contribution in [2.45, 2.75) is 27.2 Å². The number of esters is 2. The average molecular weight is 260 g/mol. The fraction of sp³-hybridized carbons (Fsp3) is 0.636. The third kappa shape index (κ3) is 3.54. The Kier molecular flexibility index (Phi) is 6.01. The van der Waals surface area contributed by atoms with Crippen molar-refractivity contribution in [3.63, 3.8) is 0 Å². The SMILES string of the molecule is CCOC(=O)C(C)(C(=O)CC(=O)O)C(=O)OCC. The van der Waals surface area contributed by atoms with Crippen LogP contribution in [0.25, 0.3) is 0 Å². The van der Waals surface area contributed by atoms with Crippen molar-refractivity contribution < 1.29 is 33.8 Å². The van der Waals surface area contributed by atoms with E-state index in [1.807, 2.05) is 0 Å². The maximum atomic E-state index is 11.7. The molecule has 0 bridgehead atoms. The third-order valence-corrected chi connectivity index (χ3v) is 2.24. The molecular formula is C11H16O7. The molecule has 0 unspecified atom stereocenters. The first-order valence-electron chi connectivity index (χ1n) is 5.40. The van der Waals surface area contributed by atoms with E-state index < -0.39 is 35.5 Å². The van der Waals surface area contributed by atoms with Gasteiger partial charge in [-0.1, -0.05) is 0 Å². The fourth-order valence-electron chi connectivity index (χ4n) is 1.18. The van der Waals surface area contributed by atoms with E-state index in [1.165, 1.54) is 13.8 Å². The highest BCUT2D eigenvalue weighted by atomic mass is 16.6. The molecule has 0 rings (SSSR count). The van der Waals surface area contributed by atoms with Gasteiger partial charge >= 0.3 is 17.9 Å². The van der Waals surface area contributed by atoms with E-state index in [-0.39, 0.29) is 13.2 Å². The molecule has 0 saturated heterocycles. The molecule has 1 N–H and O–H groups in total. The molecule has 0 atom stereocenters. The first-order chi connectivity index (χ1) is 8.30. The number of ketones is 1. The van der Waals surface area contributed by atoms with Crippen LogP contribution >= 0.6 is 0 Å². The van der Waals surface area contributed by atoms with Crippen molar-refractivity contribution in [2.75, 3.05) is 13.2 Å². The molecule has 18 heavy (non-hydrogen) atoms. The number of Topliss-reactive ketones (excluding diaryl/α,β-unsaturated/α-hetero) is 1. The normalized spacial score (nSPS) is 10.6. The predicted octanol–water partition coefficient (Wildman–Crippen LogP) is 0.163. The molecule has 7 heteroatoms. The topological polar surface area (TPSA) is 107 Å². The number of hydrogen-bond acceptors (Lipinski definition) is 6. The van der Waals surface area contributed by atoms with E-state index in [0.717, 1.165) is 6.92 Å². The molecule has 0 fully saturated rings. The molecule has 0 aromatic carbocycles. The smallest absolute Gasteiger partial charge is 0.330 e. The van der Waals surface area contributed by atoms with Crippen molar-refractivity contribution in [3.8, 4) is 0 Å². The van der Waals surface area contributed by atoms with E-state index in [1.54, 1.807) is 0 Å². The number of rotatable bonds is 7. The molecule has 0 aliphatic heterocycles. The number of carbonyl (C=O) groups excluding carboxylic acids is 3. The monoisotopic (exact) mass is 260 g/mol. The van der Waals surface area contributed by atoms with Gasteiger partial charge in [0.15, 0.2) is 5.78 Å². The summed E-state index contributed by atoms with van der Waals surface area (Å²) in [4.78, 5) is 45.6. The number of carboxylic acid groups (broad SMARTS) is 1. The number of carboxylic acids is 1.